The van der Waals surface area contributed by atoms with Crippen molar-refractivity contribution < 1.29 is 22.2 Å². The molecule has 22 heavy (non-hydrogen) atoms. The van der Waals surface area contributed by atoms with Gasteiger partial charge in [0.05, 0.1) is 6.42 Å². The summed E-state index contributed by atoms with van der Waals surface area (Å²) in [5.41, 5.74) is 0.543. The largest absolute Gasteiger partial charge is 0.393 e. The van der Waals surface area contributed by atoms with Gasteiger partial charge in [0.1, 0.15) is 0 Å². The molecule has 0 saturated carbocycles. The topological polar surface area (TPSA) is 49.4 Å². The zero-order valence-corrected chi connectivity index (χ0v) is 13.4. The number of anilines is 1. The molecular formula is C14H19F3N2O2S. The third-order valence-electron chi connectivity index (χ3n) is 3.07. The van der Waals surface area contributed by atoms with E-state index in [1.807, 2.05) is 0 Å². The van der Waals surface area contributed by atoms with E-state index in [-0.39, 0.29) is 11.6 Å². The van der Waals surface area contributed by atoms with Gasteiger partial charge >= 0.3 is 12.2 Å². The van der Waals surface area contributed by atoms with E-state index in [1.165, 1.54) is 29.2 Å². The van der Waals surface area contributed by atoms with Gasteiger partial charge in [0.2, 0.25) is 0 Å². The van der Waals surface area contributed by atoms with Gasteiger partial charge in [0, 0.05) is 41.6 Å². The van der Waals surface area contributed by atoms with Crippen LogP contribution in [0.5, 0.6) is 0 Å². The van der Waals surface area contributed by atoms with Gasteiger partial charge in [-0.15, -0.1) is 0 Å². The summed E-state index contributed by atoms with van der Waals surface area (Å²) >= 11 is 0. The van der Waals surface area contributed by atoms with Gasteiger partial charge in [0.25, 0.3) is 0 Å². The molecule has 1 aromatic carbocycles. The molecule has 0 aliphatic heterocycles. The lowest BCUT2D eigenvalue weighted by molar-refractivity contribution is -0.127. The fraction of sp³-hybridized carbons (Fsp3) is 0.500. The van der Waals surface area contributed by atoms with Crippen LogP contribution in [0.4, 0.5) is 23.7 Å². The van der Waals surface area contributed by atoms with Crippen LogP contribution >= 0.6 is 0 Å². The normalized spacial score (nSPS) is 14.3. The molecule has 2 atom stereocenters. The van der Waals surface area contributed by atoms with E-state index in [9.17, 15) is 22.2 Å². The minimum Gasteiger partial charge on any atom is -0.324 e. The molecule has 4 nitrogen and oxygen atoms in total. The van der Waals surface area contributed by atoms with Crippen molar-refractivity contribution in [3.8, 4) is 0 Å². The van der Waals surface area contributed by atoms with E-state index in [2.05, 4.69) is 5.32 Å². The van der Waals surface area contributed by atoms with Gasteiger partial charge in [-0.3, -0.25) is 4.21 Å². The summed E-state index contributed by atoms with van der Waals surface area (Å²) in [6.45, 7) is 1.77. The van der Waals surface area contributed by atoms with Crippen LogP contribution in [0.3, 0.4) is 0 Å². The quantitative estimate of drug-likeness (QED) is 0.898. The van der Waals surface area contributed by atoms with Crippen molar-refractivity contribution in [3.05, 3.63) is 29.8 Å². The number of halogens is 3. The highest BCUT2D eigenvalue weighted by molar-refractivity contribution is 7.84. The number of urea groups is 1. The highest BCUT2D eigenvalue weighted by atomic mass is 32.2. The molecule has 0 heterocycles. The second-order valence-electron chi connectivity index (χ2n) is 5.12. The number of amides is 2. The summed E-state index contributed by atoms with van der Waals surface area (Å²) in [7, 11) is 0.554. The third kappa shape index (κ3) is 6.46. The molecule has 0 saturated heterocycles. The van der Waals surface area contributed by atoms with Gasteiger partial charge in [-0.1, -0.05) is 12.1 Å². The molecule has 0 aromatic heterocycles. The average molecular weight is 336 g/mol. The van der Waals surface area contributed by atoms with Crippen LogP contribution in [0.25, 0.3) is 0 Å². The second-order valence-corrected chi connectivity index (χ2v) is 6.60. The molecule has 1 rings (SSSR count). The smallest absolute Gasteiger partial charge is 0.324 e. The second kappa shape index (κ2) is 7.62. The van der Waals surface area contributed by atoms with Gasteiger partial charge in [0.15, 0.2) is 0 Å². The molecule has 0 spiro atoms. The first kappa shape index (κ1) is 18.5. The fourth-order valence-corrected chi connectivity index (χ4v) is 2.70. The van der Waals surface area contributed by atoms with Crippen LogP contribution in [0, 0.1) is 0 Å². The number of hydrogen-bond donors (Lipinski definition) is 1. The van der Waals surface area contributed by atoms with Crippen molar-refractivity contribution >= 4 is 22.5 Å². The van der Waals surface area contributed by atoms with Gasteiger partial charge in [-0.25, -0.2) is 4.79 Å². The van der Waals surface area contributed by atoms with Crippen molar-refractivity contribution in [2.45, 2.75) is 25.6 Å². The molecule has 1 aromatic rings. The standard InChI is InChI=1S/C14H19F3N2O2S/c1-10(9-22(3)21)19(2)13(20)18-12-6-4-11(5-7-12)8-14(15,16)17/h4-7,10H,8-9H2,1-3H3,(H,18,20)/t10-,22+/m0/s1. The average Bonchev–Trinajstić information content (AvgIpc) is 2.37. The van der Waals surface area contributed by atoms with Crippen molar-refractivity contribution in [2.24, 2.45) is 0 Å². The Bertz CT molecular complexity index is 532. The number of nitrogens with one attached hydrogen (secondary N) is 1. The Kier molecular flexibility index (Phi) is 6.40. The minimum atomic E-state index is -4.25. The maximum Gasteiger partial charge on any atom is 0.393 e. The SMILES string of the molecule is C[C@@H](C[S@@](C)=O)N(C)C(=O)Nc1ccc(CC(F)(F)F)cc1. The zero-order valence-electron chi connectivity index (χ0n) is 12.6. The Morgan fingerprint density at radius 2 is 1.86 bits per heavy atom. The van der Waals surface area contributed by atoms with Crippen LogP contribution in [-0.4, -0.2) is 46.4 Å². The van der Waals surface area contributed by atoms with E-state index in [0.29, 0.717) is 11.4 Å². The number of nitrogens with zero attached hydrogens (tertiary/aromatic N) is 1. The number of hydrogen-bond acceptors (Lipinski definition) is 2. The fourth-order valence-electron chi connectivity index (χ4n) is 1.80. The van der Waals surface area contributed by atoms with Gasteiger partial charge in [-0.05, 0) is 24.6 Å². The van der Waals surface area contributed by atoms with Crippen LogP contribution in [0.15, 0.2) is 24.3 Å². The summed E-state index contributed by atoms with van der Waals surface area (Å²) in [5.74, 6) is 0.356. The predicted molar refractivity (Wildman–Crippen MR) is 81.4 cm³/mol. The maximum absolute atomic E-state index is 12.2. The molecule has 0 bridgehead atoms. The predicted octanol–water partition coefficient (Wildman–Crippen LogP) is 3.02. The molecule has 8 heteroatoms. The Morgan fingerprint density at radius 1 is 1.32 bits per heavy atom. The molecule has 0 fully saturated rings. The maximum atomic E-state index is 12.2. The molecule has 1 N–H and O–H groups in total. The Balaban J connectivity index is 2.63. The number of carbonyl (C=O) groups is 1. The number of carbonyl (C=O) groups excluding carboxylic acids is 1. The Labute approximate surface area is 130 Å². The van der Waals surface area contributed by atoms with Crippen molar-refractivity contribution in [3.63, 3.8) is 0 Å². The highest BCUT2D eigenvalue weighted by Gasteiger charge is 2.27. The van der Waals surface area contributed by atoms with Crippen LogP contribution in [0.1, 0.15) is 12.5 Å². The lowest BCUT2D eigenvalue weighted by Gasteiger charge is -2.24. The molecular weight excluding hydrogens is 317 g/mol. The van der Waals surface area contributed by atoms with Crippen LogP contribution in [0.2, 0.25) is 0 Å². The van der Waals surface area contributed by atoms with Gasteiger partial charge < -0.3 is 10.2 Å². The Hall–Kier alpha value is -1.57. The van der Waals surface area contributed by atoms with Crippen molar-refractivity contribution in [1.82, 2.24) is 4.90 Å². The summed E-state index contributed by atoms with van der Waals surface area (Å²) < 4.78 is 47.9. The minimum absolute atomic E-state index is 0.133. The van der Waals surface area contributed by atoms with Crippen LogP contribution < -0.4 is 5.32 Å². The summed E-state index contributed by atoms with van der Waals surface area (Å²) in [4.78, 5) is 13.4. The molecule has 0 radical (unpaired) electrons. The third-order valence-corrected chi connectivity index (χ3v) is 4.02. The van der Waals surface area contributed by atoms with E-state index >= 15 is 0 Å². The molecule has 124 valence electrons. The molecule has 0 unspecified atom stereocenters. The van der Waals surface area contributed by atoms with Gasteiger partial charge in [-0.2, -0.15) is 13.2 Å². The summed E-state index contributed by atoms with van der Waals surface area (Å²) in [6, 6.07) is 4.89. The van der Waals surface area contributed by atoms with Crippen molar-refractivity contribution in [2.75, 3.05) is 24.4 Å². The number of benzene rings is 1. The first-order valence-corrected chi connectivity index (χ1v) is 8.30. The first-order valence-electron chi connectivity index (χ1n) is 6.58. The zero-order chi connectivity index (χ0) is 16.9. The van der Waals surface area contributed by atoms with E-state index in [1.54, 1.807) is 20.2 Å². The van der Waals surface area contributed by atoms with Crippen LogP contribution in [-0.2, 0) is 17.2 Å². The molecule has 0 aliphatic rings. The molecule has 0 aliphatic carbocycles. The van der Waals surface area contributed by atoms with E-state index < -0.39 is 29.4 Å². The Morgan fingerprint density at radius 3 is 2.32 bits per heavy atom. The van der Waals surface area contributed by atoms with E-state index in [0.717, 1.165) is 0 Å². The van der Waals surface area contributed by atoms with Crippen molar-refractivity contribution in [1.29, 1.82) is 0 Å². The highest BCUT2D eigenvalue weighted by Crippen LogP contribution is 2.22. The number of rotatable bonds is 5. The number of alkyl halides is 3. The lowest BCUT2D eigenvalue weighted by Crippen LogP contribution is -2.40. The molecule has 2 amide bonds. The summed E-state index contributed by atoms with van der Waals surface area (Å²) in [5, 5.41) is 2.59. The summed E-state index contributed by atoms with van der Waals surface area (Å²) in [6.07, 6.45) is -3.70. The monoisotopic (exact) mass is 336 g/mol. The van der Waals surface area contributed by atoms with E-state index in [4.69, 9.17) is 0 Å². The lowest BCUT2D eigenvalue weighted by atomic mass is 10.1. The first-order chi connectivity index (χ1) is 10.1.